The van der Waals surface area contributed by atoms with Gasteiger partial charge in [-0.05, 0) is 58.6 Å². The van der Waals surface area contributed by atoms with Gasteiger partial charge in [-0.15, -0.1) is 0 Å². The molecule has 0 spiro atoms. The van der Waals surface area contributed by atoms with Crippen molar-refractivity contribution in [1.29, 1.82) is 0 Å². The molecule has 0 fully saturated rings. The summed E-state index contributed by atoms with van der Waals surface area (Å²) in [6.45, 7) is 11.4. The van der Waals surface area contributed by atoms with E-state index in [-0.39, 0.29) is 12.5 Å². The average molecular weight is 650 g/mol. The summed E-state index contributed by atoms with van der Waals surface area (Å²) in [7, 11) is -12.1. The summed E-state index contributed by atoms with van der Waals surface area (Å²) in [5.74, 6) is -0.305. The summed E-state index contributed by atoms with van der Waals surface area (Å²) in [5, 5.41) is 5.14. The summed E-state index contributed by atoms with van der Waals surface area (Å²) in [6, 6.07) is 6.62. The van der Waals surface area contributed by atoms with Gasteiger partial charge in [0.05, 0.1) is 18.1 Å². The van der Waals surface area contributed by atoms with Gasteiger partial charge >= 0.3 is 6.09 Å². The van der Waals surface area contributed by atoms with Gasteiger partial charge in [-0.1, -0.05) is 56.3 Å². The van der Waals surface area contributed by atoms with Crippen LogP contribution >= 0.6 is 0 Å². The number of rotatable bonds is 16. The molecule has 1 aromatic rings. The Kier molecular flexibility index (Phi) is 14.6. The van der Waals surface area contributed by atoms with Crippen LogP contribution in [0.5, 0.6) is 0 Å². The highest BCUT2D eigenvalue weighted by Gasteiger charge is 2.21. The van der Waals surface area contributed by atoms with Gasteiger partial charge in [-0.25, -0.2) is 31.1 Å². The van der Waals surface area contributed by atoms with Crippen LogP contribution in [0.3, 0.4) is 0 Å². The van der Waals surface area contributed by atoms with E-state index in [0.29, 0.717) is 6.42 Å². The van der Waals surface area contributed by atoms with Crippen LogP contribution in [0.4, 0.5) is 4.79 Å². The monoisotopic (exact) mass is 649 g/mol. The van der Waals surface area contributed by atoms with Crippen LogP contribution in [0.15, 0.2) is 64.8 Å². The third-order valence-corrected chi connectivity index (χ3v) is 8.53. The Morgan fingerprint density at radius 2 is 1.43 bits per heavy atom. The highest BCUT2D eigenvalue weighted by atomic mass is 32.2. The number of sulfonamides is 2. The molecule has 0 aliphatic carbocycles. The zero-order valence-corrected chi connectivity index (χ0v) is 27.4. The van der Waals surface area contributed by atoms with E-state index in [2.05, 4.69) is 18.9 Å². The molecule has 0 aromatic heterocycles. The lowest BCUT2D eigenvalue weighted by Crippen LogP contribution is -2.39. The fourth-order valence-corrected chi connectivity index (χ4v) is 6.35. The van der Waals surface area contributed by atoms with Crippen LogP contribution in [-0.2, 0) is 45.5 Å². The number of nitrogens with one attached hydrogen (secondary N) is 3. The van der Waals surface area contributed by atoms with Crippen molar-refractivity contribution in [3.63, 3.8) is 0 Å². The van der Waals surface area contributed by atoms with Crippen molar-refractivity contribution in [2.45, 2.75) is 78.6 Å². The maximum Gasteiger partial charge on any atom is 0.408 e. The summed E-state index contributed by atoms with van der Waals surface area (Å²) >= 11 is 0. The molecule has 1 aromatic carbocycles. The molecular formula is C27H43N3O9S3. The van der Waals surface area contributed by atoms with Crippen LogP contribution < -0.4 is 14.8 Å². The molecule has 15 heteroatoms. The number of hydrogen-bond acceptors (Lipinski definition) is 9. The molecule has 3 N–H and O–H groups in total. The summed E-state index contributed by atoms with van der Waals surface area (Å²) < 4.78 is 88.8. The largest absolute Gasteiger partial charge is 0.444 e. The molecule has 0 saturated carbocycles. The van der Waals surface area contributed by atoms with E-state index in [0.717, 1.165) is 27.9 Å². The molecule has 42 heavy (non-hydrogen) atoms. The number of benzene rings is 1. The molecular weight excluding hydrogens is 607 g/mol. The normalized spacial score (nSPS) is 15.8. The first-order chi connectivity index (χ1) is 19.2. The number of alkyl carbamates (subject to hydrolysis) is 1. The molecule has 12 nitrogen and oxygen atoms in total. The first kappa shape index (κ1) is 37.5. The number of amides is 1. The van der Waals surface area contributed by atoms with E-state index >= 15 is 0 Å². The van der Waals surface area contributed by atoms with Gasteiger partial charge in [0.25, 0.3) is 10.1 Å². The van der Waals surface area contributed by atoms with Crippen molar-refractivity contribution in [3.05, 3.63) is 70.3 Å². The van der Waals surface area contributed by atoms with Crippen molar-refractivity contribution in [2.75, 3.05) is 6.61 Å². The summed E-state index contributed by atoms with van der Waals surface area (Å²) in [6.07, 6.45) is 3.20. The van der Waals surface area contributed by atoms with Crippen LogP contribution in [-0.4, -0.2) is 61.7 Å². The molecule has 0 heterocycles. The van der Waals surface area contributed by atoms with Crippen LogP contribution in [0, 0.1) is 5.92 Å². The van der Waals surface area contributed by atoms with E-state index in [4.69, 9.17) is 4.74 Å². The lowest BCUT2D eigenvalue weighted by Gasteiger charge is -2.22. The Morgan fingerprint density at radius 1 is 0.857 bits per heavy atom. The van der Waals surface area contributed by atoms with Gasteiger partial charge in [0, 0.05) is 22.9 Å². The minimum atomic E-state index is -4.08. The van der Waals surface area contributed by atoms with Gasteiger partial charge in [0.1, 0.15) is 5.60 Å². The van der Waals surface area contributed by atoms with E-state index in [1.807, 2.05) is 30.3 Å². The summed E-state index contributed by atoms with van der Waals surface area (Å²) in [5.41, 5.74) is 0.107. The number of hydrogen-bond donors (Lipinski definition) is 3. The highest BCUT2D eigenvalue weighted by molar-refractivity contribution is 7.92. The quantitative estimate of drug-likeness (QED) is 0.227. The maximum absolute atomic E-state index is 12.7. The Bertz CT molecular complexity index is 1410. The lowest BCUT2D eigenvalue weighted by atomic mass is 10.1. The van der Waals surface area contributed by atoms with E-state index < -0.39 is 60.0 Å². The third kappa shape index (κ3) is 16.8. The average Bonchev–Trinajstić information content (AvgIpc) is 2.83. The van der Waals surface area contributed by atoms with Crippen molar-refractivity contribution in [1.82, 2.24) is 14.8 Å². The Hall–Kier alpha value is -2.56. The van der Waals surface area contributed by atoms with Crippen LogP contribution in [0.25, 0.3) is 0 Å². The smallest absolute Gasteiger partial charge is 0.408 e. The number of carbonyl (C=O) groups is 1. The summed E-state index contributed by atoms with van der Waals surface area (Å²) in [4.78, 5) is 12.3. The Labute approximate surface area is 250 Å². The minimum absolute atomic E-state index is 0.0651. The molecule has 0 radical (unpaired) electrons. The standard InChI is InChI=1S/C27H43N3O9S3/c1-8-38-42(36,37)19-16-25(21(2)3)30-41(34,35)17-14-22(4)29-40(32,33)18-15-24(20-23-12-10-9-11-13-23)28-26(31)39-27(5,6)7/h9-19,21-22,24-25,29-30H,8,20H2,1-7H3,(H,28,31)/b17-14+,18-15+,19-16+/t22-,24+,25+/m0/s1. The van der Waals surface area contributed by atoms with E-state index in [1.54, 1.807) is 34.6 Å². The number of ether oxygens (including phenoxy) is 1. The van der Waals surface area contributed by atoms with Crippen molar-refractivity contribution >= 4 is 36.3 Å². The Balaban J connectivity index is 2.97. The molecule has 1 amide bonds. The van der Waals surface area contributed by atoms with Crippen LogP contribution in [0.1, 0.15) is 54.0 Å². The molecule has 3 atom stereocenters. The molecule has 0 aliphatic rings. The van der Waals surface area contributed by atoms with Gasteiger partial charge in [-0.3, -0.25) is 4.18 Å². The fourth-order valence-electron chi connectivity index (χ4n) is 3.26. The first-order valence-corrected chi connectivity index (χ1v) is 17.8. The predicted molar refractivity (Wildman–Crippen MR) is 163 cm³/mol. The zero-order valence-electron chi connectivity index (χ0n) is 25.0. The molecule has 238 valence electrons. The Morgan fingerprint density at radius 3 is 1.98 bits per heavy atom. The molecule has 0 aliphatic heterocycles. The van der Waals surface area contributed by atoms with E-state index in [9.17, 15) is 30.0 Å². The molecule has 0 unspecified atom stereocenters. The zero-order chi connectivity index (χ0) is 32.2. The lowest BCUT2D eigenvalue weighted by molar-refractivity contribution is 0.0514. The second-order valence-electron chi connectivity index (χ2n) is 10.7. The second-order valence-corrected chi connectivity index (χ2v) is 15.4. The van der Waals surface area contributed by atoms with Crippen molar-refractivity contribution < 1.29 is 39.0 Å². The minimum Gasteiger partial charge on any atom is -0.444 e. The first-order valence-electron chi connectivity index (χ1n) is 13.2. The van der Waals surface area contributed by atoms with Gasteiger partial charge in [-0.2, -0.15) is 8.42 Å². The SMILES string of the molecule is CCOS(=O)(=O)/C=C/[C@@H](NS(=O)(=O)/C=C/[C@H](C)NS(=O)(=O)/C=C/[C@H](Cc1ccccc1)NC(=O)OC(C)(C)C)C(C)C. The van der Waals surface area contributed by atoms with Gasteiger partial charge in [0.15, 0.2) is 0 Å². The maximum atomic E-state index is 12.7. The molecule has 0 saturated heterocycles. The highest BCUT2D eigenvalue weighted by Crippen LogP contribution is 2.11. The predicted octanol–water partition coefficient (Wildman–Crippen LogP) is 3.28. The molecule has 0 bridgehead atoms. The third-order valence-electron chi connectivity index (χ3n) is 5.14. The van der Waals surface area contributed by atoms with Gasteiger partial charge < -0.3 is 10.1 Å². The van der Waals surface area contributed by atoms with Crippen molar-refractivity contribution in [2.24, 2.45) is 5.92 Å². The van der Waals surface area contributed by atoms with Gasteiger partial charge in [0.2, 0.25) is 20.0 Å². The van der Waals surface area contributed by atoms with Crippen molar-refractivity contribution in [3.8, 4) is 0 Å². The molecule has 1 rings (SSSR count). The second kappa shape index (κ2) is 16.3. The van der Waals surface area contributed by atoms with Crippen LogP contribution in [0.2, 0.25) is 0 Å². The number of carbonyl (C=O) groups excluding carboxylic acids is 1. The van der Waals surface area contributed by atoms with E-state index in [1.165, 1.54) is 26.0 Å². The fraction of sp³-hybridized carbons (Fsp3) is 0.519. The topological polar surface area (TPSA) is 174 Å².